The number of H-pyrrole nitrogens is 1. The average Bonchev–Trinajstić information content (AvgIpc) is 2.92. The summed E-state index contributed by atoms with van der Waals surface area (Å²) in [5, 5.41) is 4.10. The van der Waals surface area contributed by atoms with Crippen molar-refractivity contribution in [2.45, 2.75) is 12.7 Å². The van der Waals surface area contributed by atoms with Crippen molar-refractivity contribution in [3.8, 4) is 0 Å². The standard InChI is InChI=1S/C16H13F3N2/c17-16(18,19)13-2-1-3-14(9-13)21-10-11-4-5-15-12(8-11)6-7-20-15/h1-9,20-21H,10H2. The monoisotopic (exact) mass is 290 g/mol. The van der Waals surface area contributed by atoms with Crippen LogP contribution in [0.5, 0.6) is 0 Å². The van der Waals surface area contributed by atoms with Gasteiger partial charge in [-0.3, -0.25) is 0 Å². The molecule has 3 rings (SSSR count). The predicted molar refractivity (Wildman–Crippen MR) is 77.1 cm³/mol. The van der Waals surface area contributed by atoms with E-state index in [2.05, 4.69) is 10.3 Å². The molecule has 2 nitrogen and oxygen atoms in total. The highest BCUT2D eigenvalue weighted by Crippen LogP contribution is 2.30. The molecule has 108 valence electrons. The van der Waals surface area contributed by atoms with Crippen LogP contribution in [0.3, 0.4) is 0 Å². The van der Waals surface area contributed by atoms with Crippen LogP contribution in [0.4, 0.5) is 18.9 Å². The van der Waals surface area contributed by atoms with Gasteiger partial charge in [0.15, 0.2) is 0 Å². The lowest BCUT2D eigenvalue weighted by Crippen LogP contribution is -2.06. The van der Waals surface area contributed by atoms with Gasteiger partial charge in [-0.1, -0.05) is 12.1 Å². The third kappa shape index (κ3) is 3.02. The quantitative estimate of drug-likeness (QED) is 0.712. The smallest absolute Gasteiger partial charge is 0.381 e. The molecule has 0 atom stereocenters. The summed E-state index contributed by atoms with van der Waals surface area (Å²) in [5.41, 5.74) is 1.87. The predicted octanol–water partition coefficient (Wildman–Crippen LogP) is 4.80. The van der Waals surface area contributed by atoms with Crippen LogP contribution >= 0.6 is 0 Å². The lowest BCUT2D eigenvalue weighted by Gasteiger charge is -2.10. The highest BCUT2D eigenvalue weighted by Gasteiger charge is 2.30. The fourth-order valence-corrected chi connectivity index (χ4v) is 2.22. The highest BCUT2D eigenvalue weighted by atomic mass is 19.4. The van der Waals surface area contributed by atoms with Crippen molar-refractivity contribution in [3.63, 3.8) is 0 Å². The van der Waals surface area contributed by atoms with Crippen LogP contribution in [0.2, 0.25) is 0 Å². The maximum Gasteiger partial charge on any atom is 0.416 e. The molecule has 0 radical (unpaired) electrons. The van der Waals surface area contributed by atoms with Gasteiger partial charge >= 0.3 is 6.18 Å². The first-order valence-electron chi connectivity index (χ1n) is 6.49. The third-order valence-electron chi connectivity index (χ3n) is 3.30. The van der Waals surface area contributed by atoms with Crippen LogP contribution in [-0.4, -0.2) is 4.98 Å². The van der Waals surface area contributed by atoms with Crippen molar-refractivity contribution in [2.75, 3.05) is 5.32 Å². The van der Waals surface area contributed by atoms with E-state index >= 15 is 0 Å². The molecule has 21 heavy (non-hydrogen) atoms. The van der Waals surface area contributed by atoms with E-state index in [-0.39, 0.29) is 0 Å². The Bertz CT molecular complexity index is 759. The number of fused-ring (bicyclic) bond motifs is 1. The molecule has 0 bridgehead atoms. The van der Waals surface area contributed by atoms with Crippen LogP contribution in [0.1, 0.15) is 11.1 Å². The Morgan fingerprint density at radius 3 is 2.67 bits per heavy atom. The Hall–Kier alpha value is -2.43. The van der Waals surface area contributed by atoms with E-state index in [1.54, 1.807) is 6.07 Å². The van der Waals surface area contributed by atoms with Gasteiger partial charge in [-0.15, -0.1) is 0 Å². The zero-order valence-electron chi connectivity index (χ0n) is 11.0. The molecule has 2 N–H and O–H groups in total. The average molecular weight is 290 g/mol. The fourth-order valence-electron chi connectivity index (χ4n) is 2.22. The topological polar surface area (TPSA) is 27.8 Å². The van der Waals surface area contributed by atoms with Gasteiger partial charge in [-0.05, 0) is 47.3 Å². The first-order valence-corrected chi connectivity index (χ1v) is 6.49. The van der Waals surface area contributed by atoms with Crippen molar-refractivity contribution in [1.29, 1.82) is 0 Å². The summed E-state index contributed by atoms with van der Waals surface area (Å²) >= 11 is 0. The Morgan fingerprint density at radius 1 is 1.00 bits per heavy atom. The number of anilines is 1. The molecule has 3 aromatic rings. The Kier molecular flexibility index (Phi) is 3.33. The van der Waals surface area contributed by atoms with E-state index in [1.165, 1.54) is 6.07 Å². The molecule has 0 aliphatic carbocycles. The number of aromatic amines is 1. The van der Waals surface area contributed by atoms with Crippen molar-refractivity contribution < 1.29 is 13.2 Å². The van der Waals surface area contributed by atoms with E-state index < -0.39 is 11.7 Å². The van der Waals surface area contributed by atoms with Crippen LogP contribution in [-0.2, 0) is 12.7 Å². The Balaban J connectivity index is 1.75. The van der Waals surface area contributed by atoms with E-state index in [9.17, 15) is 13.2 Å². The number of nitrogens with one attached hydrogen (secondary N) is 2. The molecule has 0 amide bonds. The third-order valence-corrected chi connectivity index (χ3v) is 3.30. The number of hydrogen-bond donors (Lipinski definition) is 2. The SMILES string of the molecule is FC(F)(F)c1cccc(NCc2ccc3[nH]ccc3c2)c1. The van der Waals surface area contributed by atoms with Gasteiger partial charge in [0, 0.05) is 23.9 Å². The summed E-state index contributed by atoms with van der Waals surface area (Å²) in [6.45, 7) is 0.475. The lowest BCUT2D eigenvalue weighted by atomic mass is 10.1. The number of aromatic nitrogens is 1. The molecule has 0 unspecified atom stereocenters. The summed E-state index contributed by atoms with van der Waals surface area (Å²) in [6.07, 6.45) is -2.46. The fraction of sp³-hybridized carbons (Fsp3) is 0.125. The maximum absolute atomic E-state index is 12.6. The van der Waals surface area contributed by atoms with Crippen LogP contribution < -0.4 is 5.32 Å². The van der Waals surface area contributed by atoms with Crippen molar-refractivity contribution in [1.82, 2.24) is 4.98 Å². The molecule has 1 heterocycles. The van der Waals surface area contributed by atoms with Gasteiger partial charge in [0.25, 0.3) is 0 Å². The first kappa shape index (κ1) is 13.5. The molecule has 0 spiro atoms. The number of rotatable bonds is 3. The molecule has 5 heteroatoms. The Morgan fingerprint density at radius 2 is 1.86 bits per heavy atom. The van der Waals surface area contributed by atoms with Crippen LogP contribution in [0.15, 0.2) is 54.7 Å². The molecule has 0 aliphatic rings. The van der Waals surface area contributed by atoms with Crippen molar-refractivity contribution in [2.24, 2.45) is 0 Å². The molecular formula is C16H13F3N2. The van der Waals surface area contributed by atoms with Gasteiger partial charge in [0.05, 0.1) is 5.56 Å². The van der Waals surface area contributed by atoms with Crippen molar-refractivity contribution >= 4 is 16.6 Å². The first-order chi connectivity index (χ1) is 10.0. The second-order valence-corrected chi connectivity index (χ2v) is 4.83. The summed E-state index contributed by atoms with van der Waals surface area (Å²) in [4.78, 5) is 3.10. The van der Waals surface area contributed by atoms with Crippen LogP contribution in [0, 0.1) is 0 Å². The zero-order chi connectivity index (χ0) is 14.9. The van der Waals surface area contributed by atoms with E-state index in [0.29, 0.717) is 12.2 Å². The second kappa shape index (κ2) is 5.16. The summed E-state index contributed by atoms with van der Waals surface area (Å²) in [5.74, 6) is 0. The highest BCUT2D eigenvalue weighted by molar-refractivity contribution is 5.79. The minimum atomic E-state index is -4.32. The molecule has 0 saturated carbocycles. The summed E-state index contributed by atoms with van der Waals surface area (Å²) in [7, 11) is 0. The molecule has 2 aromatic carbocycles. The minimum Gasteiger partial charge on any atom is -0.381 e. The van der Waals surface area contributed by atoms with E-state index in [4.69, 9.17) is 0 Å². The van der Waals surface area contributed by atoms with Gasteiger partial charge in [0.2, 0.25) is 0 Å². The normalized spacial score (nSPS) is 11.8. The van der Waals surface area contributed by atoms with E-state index in [0.717, 1.165) is 28.6 Å². The van der Waals surface area contributed by atoms with Gasteiger partial charge < -0.3 is 10.3 Å². The number of hydrogen-bond acceptors (Lipinski definition) is 1. The van der Waals surface area contributed by atoms with Crippen molar-refractivity contribution in [3.05, 3.63) is 65.9 Å². The summed E-state index contributed by atoms with van der Waals surface area (Å²) < 4.78 is 37.9. The van der Waals surface area contributed by atoms with Crippen LogP contribution in [0.25, 0.3) is 10.9 Å². The number of alkyl halides is 3. The summed E-state index contributed by atoms with van der Waals surface area (Å²) in [6, 6.07) is 13.1. The molecule has 0 saturated heterocycles. The molecule has 0 aliphatic heterocycles. The minimum absolute atomic E-state index is 0.457. The number of halogens is 3. The largest absolute Gasteiger partial charge is 0.416 e. The zero-order valence-corrected chi connectivity index (χ0v) is 11.0. The van der Waals surface area contributed by atoms with Gasteiger partial charge in [-0.25, -0.2) is 0 Å². The van der Waals surface area contributed by atoms with Gasteiger partial charge in [0.1, 0.15) is 0 Å². The lowest BCUT2D eigenvalue weighted by molar-refractivity contribution is -0.137. The molecular weight excluding hydrogens is 277 g/mol. The second-order valence-electron chi connectivity index (χ2n) is 4.83. The Labute approximate surface area is 119 Å². The van der Waals surface area contributed by atoms with Gasteiger partial charge in [-0.2, -0.15) is 13.2 Å². The molecule has 1 aromatic heterocycles. The maximum atomic E-state index is 12.6. The molecule has 0 fully saturated rings. The number of benzene rings is 2. The van der Waals surface area contributed by atoms with E-state index in [1.807, 2.05) is 30.5 Å².